The average Bonchev–Trinajstić information content (AvgIpc) is 2.67. The van der Waals surface area contributed by atoms with Crippen LogP contribution in [0.4, 0.5) is 5.69 Å². The predicted octanol–water partition coefficient (Wildman–Crippen LogP) is 1.84. The summed E-state index contributed by atoms with van der Waals surface area (Å²) in [7, 11) is 1.61. The normalized spacial score (nSPS) is 10.9. The molecule has 2 aromatic rings. The van der Waals surface area contributed by atoms with Crippen LogP contribution in [0, 0.1) is 0 Å². The minimum absolute atomic E-state index is 0.144. The Labute approximate surface area is 118 Å². The van der Waals surface area contributed by atoms with Gasteiger partial charge in [0.2, 0.25) is 0 Å². The summed E-state index contributed by atoms with van der Waals surface area (Å²) in [5, 5.41) is 0. The van der Waals surface area contributed by atoms with Crippen molar-refractivity contribution in [3.05, 3.63) is 51.9 Å². The van der Waals surface area contributed by atoms with Gasteiger partial charge in [-0.3, -0.25) is 9.48 Å². The number of hydrogen-bond donors (Lipinski definition) is 1. The van der Waals surface area contributed by atoms with Gasteiger partial charge in [-0.2, -0.15) is 0 Å². The molecule has 0 aliphatic rings. The SMILES string of the molecule is CCCn1c(COC)c(N)c(=O)n1Cc1ccccc1. The standard InChI is InChI=1S/C15H21N3O2/c1-3-9-17-13(11-20-2)14(16)15(19)18(17)10-12-7-5-4-6-8-12/h4-8H,3,9-11,16H2,1-2H3. The molecule has 0 spiro atoms. The second kappa shape index (κ2) is 6.43. The van der Waals surface area contributed by atoms with Crippen molar-refractivity contribution >= 4 is 5.69 Å². The number of nitrogens with zero attached hydrogens (tertiary/aromatic N) is 2. The molecule has 5 nitrogen and oxygen atoms in total. The van der Waals surface area contributed by atoms with Crippen molar-refractivity contribution in [3.8, 4) is 0 Å². The summed E-state index contributed by atoms with van der Waals surface area (Å²) in [4.78, 5) is 12.3. The quantitative estimate of drug-likeness (QED) is 0.875. The summed E-state index contributed by atoms with van der Waals surface area (Å²) in [5.74, 6) is 0. The van der Waals surface area contributed by atoms with Gasteiger partial charge in [-0.25, -0.2) is 4.68 Å². The van der Waals surface area contributed by atoms with Crippen LogP contribution in [0.1, 0.15) is 24.6 Å². The molecule has 5 heteroatoms. The Kier molecular flexibility index (Phi) is 4.63. The highest BCUT2D eigenvalue weighted by Crippen LogP contribution is 2.12. The Bertz CT molecular complexity index is 614. The Hall–Kier alpha value is -2.01. The lowest BCUT2D eigenvalue weighted by atomic mass is 10.2. The molecule has 2 rings (SSSR count). The van der Waals surface area contributed by atoms with Gasteiger partial charge >= 0.3 is 0 Å². The summed E-state index contributed by atoms with van der Waals surface area (Å²) in [5.41, 5.74) is 7.92. The molecule has 1 heterocycles. The van der Waals surface area contributed by atoms with Crippen LogP contribution in [-0.2, 0) is 24.4 Å². The molecular formula is C15H21N3O2. The molecule has 0 aliphatic carbocycles. The summed E-state index contributed by atoms with van der Waals surface area (Å²) in [6.07, 6.45) is 0.930. The lowest BCUT2D eigenvalue weighted by Crippen LogP contribution is -2.25. The third kappa shape index (κ3) is 2.77. The van der Waals surface area contributed by atoms with Gasteiger partial charge in [0.15, 0.2) is 0 Å². The number of anilines is 1. The Morgan fingerprint density at radius 1 is 1.20 bits per heavy atom. The second-order valence-electron chi connectivity index (χ2n) is 4.76. The highest BCUT2D eigenvalue weighted by Gasteiger charge is 2.17. The van der Waals surface area contributed by atoms with Crippen molar-refractivity contribution in [2.75, 3.05) is 12.8 Å². The van der Waals surface area contributed by atoms with Crippen LogP contribution in [-0.4, -0.2) is 16.5 Å². The molecule has 0 saturated carbocycles. The molecular weight excluding hydrogens is 254 g/mol. The van der Waals surface area contributed by atoms with E-state index in [0.717, 1.165) is 24.2 Å². The number of aromatic nitrogens is 2. The van der Waals surface area contributed by atoms with Crippen molar-refractivity contribution in [1.82, 2.24) is 9.36 Å². The maximum atomic E-state index is 12.3. The first kappa shape index (κ1) is 14.4. The van der Waals surface area contributed by atoms with E-state index in [1.54, 1.807) is 11.8 Å². The zero-order chi connectivity index (χ0) is 14.5. The Balaban J connectivity index is 2.45. The monoisotopic (exact) mass is 275 g/mol. The second-order valence-corrected chi connectivity index (χ2v) is 4.76. The number of nitrogens with two attached hydrogens (primary N) is 1. The van der Waals surface area contributed by atoms with Gasteiger partial charge in [-0.1, -0.05) is 37.3 Å². The highest BCUT2D eigenvalue weighted by atomic mass is 16.5. The van der Waals surface area contributed by atoms with E-state index in [1.165, 1.54) is 0 Å². The van der Waals surface area contributed by atoms with Crippen LogP contribution in [0.5, 0.6) is 0 Å². The van der Waals surface area contributed by atoms with E-state index < -0.39 is 0 Å². The van der Waals surface area contributed by atoms with Gasteiger partial charge in [0.25, 0.3) is 5.56 Å². The number of rotatable bonds is 6. The molecule has 0 amide bonds. The van der Waals surface area contributed by atoms with Gasteiger partial charge in [0, 0.05) is 13.7 Å². The molecule has 0 radical (unpaired) electrons. The number of benzene rings is 1. The van der Waals surface area contributed by atoms with Gasteiger partial charge < -0.3 is 10.5 Å². The number of hydrogen-bond acceptors (Lipinski definition) is 3. The highest BCUT2D eigenvalue weighted by molar-refractivity contribution is 5.41. The number of ether oxygens (including phenoxy) is 1. The van der Waals surface area contributed by atoms with Crippen LogP contribution in [0.3, 0.4) is 0 Å². The van der Waals surface area contributed by atoms with E-state index in [-0.39, 0.29) is 11.2 Å². The van der Waals surface area contributed by atoms with E-state index in [9.17, 15) is 4.79 Å². The molecule has 0 fully saturated rings. The molecule has 20 heavy (non-hydrogen) atoms. The fraction of sp³-hybridized carbons (Fsp3) is 0.400. The first-order valence-electron chi connectivity index (χ1n) is 6.79. The lowest BCUT2D eigenvalue weighted by molar-refractivity contribution is 0.175. The van der Waals surface area contributed by atoms with Gasteiger partial charge in [-0.15, -0.1) is 0 Å². The van der Waals surface area contributed by atoms with E-state index in [2.05, 4.69) is 6.92 Å². The predicted molar refractivity (Wildman–Crippen MR) is 79.7 cm³/mol. The summed E-state index contributed by atoms with van der Waals surface area (Å²) in [6, 6.07) is 9.89. The molecule has 108 valence electrons. The molecule has 2 N–H and O–H groups in total. The smallest absolute Gasteiger partial charge is 0.290 e. The fourth-order valence-electron chi connectivity index (χ4n) is 2.33. The fourth-order valence-corrected chi connectivity index (χ4v) is 2.33. The Morgan fingerprint density at radius 2 is 1.90 bits per heavy atom. The van der Waals surface area contributed by atoms with Crippen molar-refractivity contribution in [3.63, 3.8) is 0 Å². The first-order valence-corrected chi connectivity index (χ1v) is 6.79. The Morgan fingerprint density at radius 3 is 2.50 bits per heavy atom. The van der Waals surface area contributed by atoms with Gasteiger partial charge in [0.05, 0.1) is 18.8 Å². The molecule has 0 unspecified atom stereocenters. The molecule has 0 atom stereocenters. The van der Waals surface area contributed by atoms with Crippen LogP contribution < -0.4 is 11.3 Å². The van der Waals surface area contributed by atoms with Crippen molar-refractivity contribution in [2.24, 2.45) is 0 Å². The van der Waals surface area contributed by atoms with Crippen molar-refractivity contribution in [1.29, 1.82) is 0 Å². The molecule has 0 bridgehead atoms. The third-order valence-electron chi connectivity index (χ3n) is 3.27. The van der Waals surface area contributed by atoms with Crippen molar-refractivity contribution in [2.45, 2.75) is 33.0 Å². The molecule has 0 aliphatic heterocycles. The zero-order valence-electron chi connectivity index (χ0n) is 12.0. The first-order chi connectivity index (χ1) is 9.69. The number of nitrogen functional groups attached to an aromatic ring is 1. The zero-order valence-corrected chi connectivity index (χ0v) is 12.0. The average molecular weight is 275 g/mol. The summed E-state index contributed by atoms with van der Waals surface area (Å²) >= 11 is 0. The van der Waals surface area contributed by atoms with E-state index in [1.807, 2.05) is 35.0 Å². The third-order valence-corrected chi connectivity index (χ3v) is 3.27. The maximum Gasteiger partial charge on any atom is 0.290 e. The largest absolute Gasteiger partial charge is 0.393 e. The topological polar surface area (TPSA) is 62.2 Å². The lowest BCUT2D eigenvalue weighted by Gasteiger charge is -2.14. The minimum atomic E-state index is -0.144. The van der Waals surface area contributed by atoms with E-state index >= 15 is 0 Å². The molecule has 0 saturated heterocycles. The van der Waals surface area contributed by atoms with E-state index in [4.69, 9.17) is 10.5 Å². The van der Waals surface area contributed by atoms with Crippen LogP contribution in [0.25, 0.3) is 0 Å². The molecule has 1 aromatic heterocycles. The minimum Gasteiger partial charge on any atom is -0.393 e. The summed E-state index contributed by atoms with van der Waals surface area (Å²) < 4.78 is 8.80. The van der Waals surface area contributed by atoms with Crippen LogP contribution in [0.2, 0.25) is 0 Å². The van der Waals surface area contributed by atoms with Crippen molar-refractivity contribution < 1.29 is 4.74 Å². The van der Waals surface area contributed by atoms with Crippen LogP contribution in [0.15, 0.2) is 35.1 Å². The summed E-state index contributed by atoms with van der Waals surface area (Å²) in [6.45, 7) is 3.69. The molecule has 1 aromatic carbocycles. The van der Waals surface area contributed by atoms with Gasteiger partial charge in [0.1, 0.15) is 5.69 Å². The number of methoxy groups -OCH3 is 1. The van der Waals surface area contributed by atoms with Gasteiger partial charge in [-0.05, 0) is 12.0 Å². The maximum absolute atomic E-state index is 12.3. The van der Waals surface area contributed by atoms with Crippen LogP contribution >= 0.6 is 0 Å². The van der Waals surface area contributed by atoms with E-state index in [0.29, 0.717) is 13.2 Å².